The van der Waals surface area contributed by atoms with Gasteiger partial charge >= 0.3 is 0 Å². The summed E-state index contributed by atoms with van der Waals surface area (Å²) in [5, 5.41) is 12.6. The average molecular weight is 328 g/mol. The second-order valence-corrected chi connectivity index (χ2v) is 4.19. The number of nitrogens with one attached hydrogen (secondary N) is 1. The molecule has 2 N–H and O–H groups in total. The summed E-state index contributed by atoms with van der Waals surface area (Å²) in [5.74, 6) is 0. The van der Waals surface area contributed by atoms with Crippen molar-refractivity contribution in [2.75, 3.05) is 7.05 Å². The Balaban J connectivity index is 0.00000169. The van der Waals surface area contributed by atoms with E-state index in [-0.39, 0.29) is 24.6 Å². The first-order valence-corrected chi connectivity index (χ1v) is 5.34. The lowest BCUT2D eigenvalue weighted by atomic mass is 10.0. The lowest BCUT2D eigenvalue weighted by Crippen LogP contribution is -2.27. The van der Waals surface area contributed by atoms with Crippen molar-refractivity contribution in [1.29, 1.82) is 0 Å². The van der Waals surface area contributed by atoms with Crippen molar-refractivity contribution < 1.29 is 5.11 Å². The third kappa shape index (κ3) is 3.38. The molecule has 0 bridgehead atoms. The van der Waals surface area contributed by atoms with E-state index < -0.39 is 0 Å². The van der Waals surface area contributed by atoms with Crippen LogP contribution in [0.1, 0.15) is 18.5 Å². The van der Waals surface area contributed by atoms with Crippen LogP contribution < -0.4 is 5.32 Å². The number of halogens is 2. The van der Waals surface area contributed by atoms with Crippen LogP contribution in [0.4, 0.5) is 0 Å². The molecule has 80 valence electrons. The molecule has 0 aromatic heterocycles. The van der Waals surface area contributed by atoms with E-state index in [1.54, 1.807) is 6.92 Å². The molecule has 0 radical (unpaired) electrons. The van der Waals surface area contributed by atoms with Gasteiger partial charge in [0.15, 0.2) is 0 Å². The minimum Gasteiger partial charge on any atom is -0.391 e. The predicted molar refractivity (Wildman–Crippen MR) is 69.9 cm³/mol. The first-order valence-electron chi connectivity index (χ1n) is 4.26. The average Bonchev–Trinajstić information content (AvgIpc) is 2.09. The Morgan fingerprint density at radius 2 is 1.93 bits per heavy atom. The topological polar surface area (TPSA) is 32.3 Å². The summed E-state index contributed by atoms with van der Waals surface area (Å²) in [6.07, 6.45) is -0.374. The van der Waals surface area contributed by atoms with E-state index in [2.05, 4.69) is 27.9 Å². The van der Waals surface area contributed by atoms with Crippen LogP contribution in [-0.4, -0.2) is 18.3 Å². The van der Waals surface area contributed by atoms with Crippen LogP contribution in [-0.2, 0) is 0 Å². The fourth-order valence-corrected chi connectivity index (χ4v) is 2.11. The Kier molecular flexibility index (Phi) is 6.68. The summed E-state index contributed by atoms with van der Waals surface area (Å²) in [6.45, 7) is 1.80. The van der Waals surface area contributed by atoms with Crippen molar-refractivity contribution in [1.82, 2.24) is 5.32 Å². The van der Waals surface area contributed by atoms with Crippen molar-refractivity contribution in [3.05, 3.63) is 33.4 Å². The molecule has 1 aromatic rings. The van der Waals surface area contributed by atoms with E-state index in [0.717, 1.165) is 5.56 Å². The van der Waals surface area contributed by atoms with E-state index in [1.807, 2.05) is 31.3 Å². The van der Waals surface area contributed by atoms with Crippen LogP contribution in [0.25, 0.3) is 0 Å². The molecule has 0 aliphatic heterocycles. The Hall–Kier alpha value is 0.160. The number of likely N-dealkylation sites (N-methyl/N-ethyl adjacent to an activating group) is 1. The van der Waals surface area contributed by atoms with Crippen LogP contribution in [0, 0.1) is 3.57 Å². The van der Waals surface area contributed by atoms with Gasteiger partial charge in [-0.2, -0.15) is 0 Å². The molecule has 0 amide bonds. The van der Waals surface area contributed by atoms with Crippen LogP contribution in [0.3, 0.4) is 0 Å². The lowest BCUT2D eigenvalue weighted by Gasteiger charge is -2.20. The summed E-state index contributed by atoms with van der Waals surface area (Å²) in [6, 6.07) is 8.09. The molecule has 0 fully saturated rings. The standard InChI is InChI=1S/C10H14INO.ClH/c1-7(13)10(12-2)8-5-3-4-6-9(8)11;/h3-7,10,12-13H,1-2H3;1H. The van der Waals surface area contributed by atoms with Gasteiger partial charge in [-0.3, -0.25) is 0 Å². The SMILES string of the molecule is CNC(c1ccccc1I)C(C)O.Cl. The van der Waals surface area contributed by atoms with Gasteiger partial charge in [0, 0.05) is 3.57 Å². The zero-order chi connectivity index (χ0) is 9.84. The van der Waals surface area contributed by atoms with E-state index in [9.17, 15) is 5.11 Å². The molecule has 14 heavy (non-hydrogen) atoms. The van der Waals surface area contributed by atoms with E-state index in [1.165, 1.54) is 3.57 Å². The first-order chi connectivity index (χ1) is 6.16. The van der Waals surface area contributed by atoms with Crippen LogP contribution in [0.15, 0.2) is 24.3 Å². The smallest absolute Gasteiger partial charge is 0.0707 e. The molecule has 2 unspecified atom stereocenters. The molecule has 2 nitrogen and oxygen atoms in total. The second-order valence-electron chi connectivity index (χ2n) is 3.03. The molecule has 0 aliphatic rings. The highest BCUT2D eigenvalue weighted by atomic mass is 127. The fourth-order valence-electron chi connectivity index (χ4n) is 1.38. The number of rotatable bonds is 3. The van der Waals surface area contributed by atoms with Gasteiger partial charge in [0.25, 0.3) is 0 Å². The molecular weight excluding hydrogens is 312 g/mol. The highest BCUT2D eigenvalue weighted by Gasteiger charge is 2.16. The summed E-state index contributed by atoms with van der Waals surface area (Å²) in [4.78, 5) is 0. The lowest BCUT2D eigenvalue weighted by molar-refractivity contribution is 0.149. The number of hydrogen-bond donors (Lipinski definition) is 2. The highest BCUT2D eigenvalue weighted by Crippen LogP contribution is 2.21. The quantitative estimate of drug-likeness (QED) is 0.835. The predicted octanol–water partition coefficient (Wildman–Crippen LogP) is 2.35. The van der Waals surface area contributed by atoms with E-state index >= 15 is 0 Å². The van der Waals surface area contributed by atoms with Crippen LogP contribution in [0.5, 0.6) is 0 Å². The van der Waals surface area contributed by atoms with Gasteiger partial charge in [-0.05, 0) is 48.2 Å². The second kappa shape index (κ2) is 6.61. The number of benzene rings is 1. The maximum Gasteiger partial charge on any atom is 0.0707 e. The van der Waals surface area contributed by atoms with Gasteiger partial charge in [0.2, 0.25) is 0 Å². The summed E-state index contributed by atoms with van der Waals surface area (Å²) in [5.41, 5.74) is 1.15. The van der Waals surface area contributed by atoms with Gasteiger partial charge in [-0.15, -0.1) is 12.4 Å². The Morgan fingerprint density at radius 1 is 1.36 bits per heavy atom. The molecule has 0 saturated carbocycles. The van der Waals surface area contributed by atoms with E-state index in [4.69, 9.17) is 0 Å². The van der Waals surface area contributed by atoms with Crippen molar-refractivity contribution in [2.24, 2.45) is 0 Å². The maximum absolute atomic E-state index is 9.52. The minimum absolute atomic E-state index is 0. The van der Waals surface area contributed by atoms with Gasteiger partial charge in [0.1, 0.15) is 0 Å². The van der Waals surface area contributed by atoms with Crippen LogP contribution >= 0.6 is 35.0 Å². The number of aliphatic hydroxyl groups excluding tert-OH is 1. The third-order valence-electron chi connectivity index (χ3n) is 2.03. The third-order valence-corrected chi connectivity index (χ3v) is 3.02. The molecule has 1 rings (SSSR count). The minimum atomic E-state index is -0.374. The summed E-state index contributed by atoms with van der Waals surface area (Å²) in [7, 11) is 1.86. The summed E-state index contributed by atoms with van der Waals surface area (Å²) < 4.78 is 1.18. The van der Waals surface area contributed by atoms with Crippen LogP contribution in [0.2, 0.25) is 0 Å². The van der Waals surface area contributed by atoms with Gasteiger partial charge in [0.05, 0.1) is 12.1 Å². The maximum atomic E-state index is 9.52. The monoisotopic (exact) mass is 327 g/mol. The van der Waals surface area contributed by atoms with Gasteiger partial charge in [-0.25, -0.2) is 0 Å². The van der Waals surface area contributed by atoms with Crippen molar-refractivity contribution in [3.63, 3.8) is 0 Å². The molecule has 4 heteroatoms. The number of hydrogen-bond acceptors (Lipinski definition) is 2. The number of aliphatic hydroxyl groups is 1. The molecule has 0 aliphatic carbocycles. The largest absolute Gasteiger partial charge is 0.391 e. The fraction of sp³-hybridized carbons (Fsp3) is 0.400. The molecule has 0 spiro atoms. The molecule has 2 atom stereocenters. The molecule has 1 aromatic carbocycles. The zero-order valence-corrected chi connectivity index (χ0v) is 11.2. The molecular formula is C10H15ClINO. The Morgan fingerprint density at radius 3 is 2.36 bits per heavy atom. The van der Waals surface area contributed by atoms with Crippen molar-refractivity contribution in [3.8, 4) is 0 Å². The first kappa shape index (κ1) is 14.2. The molecule has 0 heterocycles. The Bertz CT molecular complexity index is 281. The molecule has 0 saturated heterocycles. The van der Waals surface area contributed by atoms with Crippen molar-refractivity contribution in [2.45, 2.75) is 19.1 Å². The highest BCUT2D eigenvalue weighted by molar-refractivity contribution is 14.1. The van der Waals surface area contributed by atoms with Crippen molar-refractivity contribution >= 4 is 35.0 Å². The Labute approximate surface area is 105 Å². The van der Waals surface area contributed by atoms with Gasteiger partial charge < -0.3 is 10.4 Å². The van der Waals surface area contributed by atoms with E-state index in [0.29, 0.717) is 0 Å². The zero-order valence-electron chi connectivity index (χ0n) is 8.20. The van der Waals surface area contributed by atoms with Gasteiger partial charge in [-0.1, -0.05) is 18.2 Å². The normalized spacial score (nSPS) is 14.3. The summed E-state index contributed by atoms with van der Waals surface area (Å²) >= 11 is 2.28.